The molecule has 0 atom stereocenters. The number of nitrogens with zero attached hydrogens (tertiary/aromatic N) is 1. The highest BCUT2D eigenvalue weighted by Crippen LogP contribution is 2.15. The molecule has 1 aromatic rings. The number of ether oxygens (including phenoxy) is 1. The molecule has 0 N–H and O–H groups in total. The van der Waals surface area contributed by atoms with Gasteiger partial charge in [-0.1, -0.05) is 13.3 Å². The minimum atomic E-state index is -0.462. The molecule has 0 spiro atoms. The van der Waals surface area contributed by atoms with Crippen LogP contribution in [0.1, 0.15) is 50.2 Å². The van der Waals surface area contributed by atoms with E-state index in [-0.39, 0.29) is 5.97 Å². The van der Waals surface area contributed by atoms with Gasteiger partial charge in [-0.15, -0.1) is 0 Å². The van der Waals surface area contributed by atoms with E-state index >= 15 is 0 Å². The summed E-state index contributed by atoms with van der Waals surface area (Å²) in [6, 6.07) is 3.53. The maximum atomic E-state index is 11.9. The van der Waals surface area contributed by atoms with E-state index in [2.05, 4.69) is 11.9 Å². The fourth-order valence-corrected chi connectivity index (χ4v) is 1.39. The third-order valence-corrected chi connectivity index (χ3v) is 2.00. The Labute approximate surface area is 96.8 Å². The van der Waals surface area contributed by atoms with Gasteiger partial charge in [-0.25, -0.2) is 4.79 Å². The zero-order chi connectivity index (χ0) is 12.2. The minimum Gasteiger partial charge on any atom is -0.456 e. The summed E-state index contributed by atoms with van der Waals surface area (Å²) < 4.78 is 5.33. The monoisotopic (exact) mass is 221 g/mol. The lowest BCUT2D eigenvalue weighted by Gasteiger charge is -2.20. The van der Waals surface area contributed by atoms with Gasteiger partial charge >= 0.3 is 5.97 Å². The lowest BCUT2D eigenvalue weighted by molar-refractivity contribution is 0.00678. The number of hydrogen-bond acceptors (Lipinski definition) is 3. The molecule has 0 aliphatic rings. The molecule has 0 amide bonds. The molecule has 0 bridgehead atoms. The number of carbonyl (C=O) groups is 1. The second kappa shape index (κ2) is 5.10. The van der Waals surface area contributed by atoms with Crippen molar-refractivity contribution in [3.05, 3.63) is 29.6 Å². The third-order valence-electron chi connectivity index (χ3n) is 2.00. The van der Waals surface area contributed by atoms with Gasteiger partial charge in [0, 0.05) is 6.20 Å². The Balaban J connectivity index is 2.90. The highest BCUT2D eigenvalue weighted by Gasteiger charge is 2.20. The first kappa shape index (κ1) is 12.7. The second-order valence-corrected chi connectivity index (χ2v) is 4.75. The summed E-state index contributed by atoms with van der Waals surface area (Å²) in [5, 5.41) is 0. The summed E-state index contributed by atoms with van der Waals surface area (Å²) in [5.74, 6) is -0.288. The maximum Gasteiger partial charge on any atom is 0.340 e. The van der Waals surface area contributed by atoms with Crippen LogP contribution in [0.2, 0.25) is 0 Å². The fourth-order valence-electron chi connectivity index (χ4n) is 1.39. The number of aryl methyl sites for hydroxylation is 1. The van der Waals surface area contributed by atoms with Gasteiger partial charge in [-0.05, 0) is 39.3 Å². The zero-order valence-electron chi connectivity index (χ0n) is 10.4. The first-order chi connectivity index (χ1) is 7.44. The molecule has 1 aromatic heterocycles. The van der Waals surface area contributed by atoms with Crippen LogP contribution in [0.3, 0.4) is 0 Å². The van der Waals surface area contributed by atoms with Gasteiger partial charge in [0.15, 0.2) is 0 Å². The van der Waals surface area contributed by atoms with Gasteiger partial charge in [0.2, 0.25) is 0 Å². The lowest BCUT2D eigenvalue weighted by atomic mass is 10.1. The van der Waals surface area contributed by atoms with Gasteiger partial charge < -0.3 is 4.74 Å². The molecule has 1 heterocycles. The van der Waals surface area contributed by atoms with Crippen molar-refractivity contribution >= 4 is 5.97 Å². The number of hydrogen-bond donors (Lipinski definition) is 0. The van der Waals surface area contributed by atoms with E-state index in [1.807, 2.05) is 20.8 Å². The third kappa shape index (κ3) is 3.65. The van der Waals surface area contributed by atoms with E-state index in [1.165, 1.54) is 0 Å². The summed E-state index contributed by atoms with van der Waals surface area (Å²) in [6.07, 6.45) is 3.47. The van der Waals surface area contributed by atoms with E-state index in [1.54, 1.807) is 18.3 Å². The van der Waals surface area contributed by atoms with Crippen LogP contribution in [0.15, 0.2) is 18.3 Å². The molecule has 0 aromatic carbocycles. The van der Waals surface area contributed by atoms with Crippen LogP contribution in [0, 0.1) is 0 Å². The molecule has 0 radical (unpaired) electrons. The predicted octanol–water partition coefficient (Wildman–Crippen LogP) is 2.99. The number of rotatable bonds is 3. The van der Waals surface area contributed by atoms with Crippen molar-refractivity contribution in [1.82, 2.24) is 4.98 Å². The molecule has 0 fully saturated rings. The van der Waals surface area contributed by atoms with Crippen LogP contribution in [0.4, 0.5) is 0 Å². The van der Waals surface area contributed by atoms with Crippen LogP contribution in [0.5, 0.6) is 0 Å². The van der Waals surface area contributed by atoms with Crippen LogP contribution >= 0.6 is 0 Å². The van der Waals surface area contributed by atoms with Gasteiger partial charge in [-0.3, -0.25) is 4.98 Å². The van der Waals surface area contributed by atoms with Crippen molar-refractivity contribution in [2.24, 2.45) is 0 Å². The quantitative estimate of drug-likeness (QED) is 0.736. The standard InChI is InChI=1S/C13H19NO2/c1-5-7-11-10(8-6-9-14-11)12(15)16-13(2,3)4/h6,8-9H,5,7H2,1-4H3. The molecule has 0 aliphatic heterocycles. The van der Waals surface area contributed by atoms with Crippen molar-refractivity contribution in [3.63, 3.8) is 0 Å². The first-order valence-electron chi connectivity index (χ1n) is 5.61. The molecule has 0 unspecified atom stereocenters. The fraction of sp³-hybridized carbons (Fsp3) is 0.538. The largest absolute Gasteiger partial charge is 0.456 e. The Kier molecular flexibility index (Phi) is 4.05. The molecule has 3 heteroatoms. The topological polar surface area (TPSA) is 39.2 Å². The first-order valence-corrected chi connectivity index (χ1v) is 5.61. The van der Waals surface area contributed by atoms with Crippen molar-refractivity contribution in [2.75, 3.05) is 0 Å². The average Bonchev–Trinajstić information content (AvgIpc) is 2.16. The van der Waals surface area contributed by atoms with Crippen molar-refractivity contribution in [3.8, 4) is 0 Å². The van der Waals surface area contributed by atoms with Gasteiger partial charge in [-0.2, -0.15) is 0 Å². The highest BCUT2D eigenvalue weighted by atomic mass is 16.6. The van der Waals surface area contributed by atoms with Crippen molar-refractivity contribution < 1.29 is 9.53 Å². The summed E-state index contributed by atoms with van der Waals surface area (Å²) in [4.78, 5) is 16.1. The second-order valence-electron chi connectivity index (χ2n) is 4.75. The molecule has 0 saturated carbocycles. The molecule has 1 rings (SSSR count). The molecule has 88 valence electrons. The number of carbonyl (C=O) groups excluding carboxylic acids is 1. The molecule has 0 saturated heterocycles. The molecular formula is C13H19NO2. The molecule has 3 nitrogen and oxygen atoms in total. The Morgan fingerprint density at radius 2 is 2.12 bits per heavy atom. The normalized spacial score (nSPS) is 11.2. The molecular weight excluding hydrogens is 202 g/mol. The summed E-state index contributed by atoms with van der Waals surface area (Å²) in [6.45, 7) is 7.65. The lowest BCUT2D eigenvalue weighted by Crippen LogP contribution is -2.24. The zero-order valence-corrected chi connectivity index (χ0v) is 10.4. The van der Waals surface area contributed by atoms with Crippen LogP contribution in [0.25, 0.3) is 0 Å². The summed E-state index contributed by atoms with van der Waals surface area (Å²) in [7, 11) is 0. The molecule has 16 heavy (non-hydrogen) atoms. The van der Waals surface area contributed by atoms with E-state index in [4.69, 9.17) is 4.74 Å². The van der Waals surface area contributed by atoms with Gasteiger partial charge in [0.1, 0.15) is 5.60 Å². The minimum absolute atomic E-state index is 0.288. The predicted molar refractivity (Wildman–Crippen MR) is 63.4 cm³/mol. The Morgan fingerprint density at radius 1 is 1.44 bits per heavy atom. The summed E-state index contributed by atoms with van der Waals surface area (Å²) >= 11 is 0. The van der Waals surface area contributed by atoms with E-state index in [0.29, 0.717) is 5.56 Å². The Hall–Kier alpha value is -1.38. The van der Waals surface area contributed by atoms with E-state index < -0.39 is 5.60 Å². The van der Waals surface area contributed by atoms with E-state index in [0.717, 1.165) is 18.5 Å². The smallest absolute Gasteiger partial charge is 0.340 e. The van der Waals surface area contributed by atoms with Gasteiger partial charge in [0.25, 0.3) is 0 Å². The Bertz CT molecular complexity index is 366. The van der Waals surface area contributed by atoms with Crippen LogP contribution in [-0.2, 0) is 11.2 Å². The SMILES string of the molecule is CCCc1ncccc1C(=O)OC(C)(C)C. The summed E-state index contributed by atoms with van der Waals surface area (Å²) in [5.41, 5.74) is 0.940. The van der Waals surface area contributed by atoms with Gasteiger partial charge in [0.05, 0.1) is 11.3 Å². The average molecular weight is 221 g/mol. The van der Waals surface area contributed by atoms with E-state index in [9.17, 15) is 4.79 Å². The van der Waals surface area contributed by atoms with Crippen LogP contribution < -0.4 is 0 Å². The highest BCUT2D eigenvalue weighted by molar-refractivity contribution is 5.90. The number of aromatic nitrogens is 1. The van der Waals surface area contributed by atoms with Crippen LogP contribution in [-0.4, -0.2) is 16.6 Å². The van der Waals surface area contributed by atoms with Crippen molar-refractivity contribution in [1.29, 1.82) is 0 Å². The number of esters is 1. The number of pyridine rings is 1. The Morgan fingerprint density at radius 3 is 2.69 bits per heavy atom. The molecule has 0 aliphatic carbocycles. The van der Waals surface area contributed by atoms with Crippen molar-refractivity contribution in [2.45, 2.75) is 46.1 Å². The maximum absolute atomic E-state index is 11.9.